The van der Waals surface area contributed by atoms with Crippen LogP contribution in [-0.4, -0.2) is 18.3 Å². The van der Waals surface area contributed by atoms with Crippen LogP contribution in [0.15, 0.2) is 42.5 Å². The Hall–Kier alpha value is -1.50. The molecule has 0 unspecified atom stereocenters. The van der Waals surface area contributed by atoms with Crippen LogP contribution in [0, 0.1) is 5.82 Å². The zero-order chi connectivity index (χ0) is 19.3. The molecule has 0 spiro atoms. The predicted molar refractivity (Wildman–Crippen MR) is 96.6 cm³/mol. The van der Waals surface area contributed by atoms with Crippen molar-refractivity contribution in [3.63, 3.8) is 0 Å². The maximum Gasteiger partial charge on any atom is 0.494 e. The van der Waals surface area contributed by atoms with Gasteiger partial charge < -0.3 is 9.31 Å². The third-order valence-electron chi connectivity index (χ3n) is 5.09. The maximum atomic E-state index is 14.8. The summed E-state index contributed by atoms with van der Waals surface area (Å²) in [5.74, 6) is -4.30. The Balaban J connectivity index is 1.89. The van der Waals surface area contributed by atoms with E-state index in [4.69, 9.17) is 20.9 Å². The minimum Gasteiger partial charge on any atom is -0.399 e. The van der Waals surface area contributed by atoms with Crippen molar-refractivity contribution < 1.29 is 22.5 Å². The van der Waals surface area contributed by atoms with Crippen LogP contribution in [0.1, 0.15) is 38.8 Å². The molecule has 1 fully saturated rings. The van der Waals surface area contributed by atoms with Crippen molar-refractivity contribution in [2.24, 2.45) is 0 Å². The van der Waals surface area contributed by atoms with Crippen LogP contribution in [0.4, 0.5) is 13.2 Å². The Morgan fingerprint density at radius 1 is 0.923 bits per heavy atom. The molecule has 0 aliphatic carbocycles. The average Bonchev–Trinajstić information content (AvgIpc) is 2.78. The van der Waals surface area contributed by atoms with E-state index in [1.165, 1.54) is 30.3 Å². The van der Waals surface area contributed by atoms with E-state index < -0.39 is 40.6 Å². The molecule has 0 saturated carbocycles. The molecule has 26 heavy (non-hydrogen) atoms. The normalized spacial score (nSPS) is 19.0. The highest BCUT2D eigenvalue weighted by Gasteiger charge is 2.51. The predicted octanol–water partition coefficient (Wildman–Crippen LogP) is 4.92. The molecule has 138 valence electrons. The fourth-order valence-corrected chi connectivity index (χ4v) is 2.98. The van der Waals surface area contributed by atoms with E-state index in [-0.39, 0.29) is 5.56 Å². The summed E-state index contributed by atoms with van der Waals surface area (Å²) in [6, 6.07) is 8.99. The van der Waals surface area contributed by atoms with Crippen molar-refractivity contribution in [1.82, 2.24) is 0 Å². The summed E-state index contributed by atoms with van der Waals surface area (Å²) in [7, 11) is -0.638. The van der Waals surface area contributed by atoms with Gasteiger partial charge in [-0.15, -0.1) is 0 Å². The van der Waals surface area contributed by atoms with Gasteiger partial charge in [-0.1, -0.05) is 48.0 Å². The molecule has 0 atom stereocenters. The van der Waals surface area contributed by atoms with Gasteiger partial charge in [0.2, 0.25) is 0 Å². The van der Waals surface area contributed by atoms with Gasteiger partial charge in [0.05, 0.1) is 16.2 Å². The fraction of sp³-hybridized carbons (Fsp3) is 0.368. The Labute approximate surface area is 156 Å². The van der Waals surface area contributed by atoms with E-state index >= 15 is 0 Å². The molecule has 3 rings (SSSR count). The Bertz CT molecular complexity index is 806. The highest BCUT2D eigenvalue weighted by Crippen LogP contribution is 2.40. The van der Waals surface area contributed by atoms with Gasteiger partial charge in [-0.2, -0.15) is 8.78 Å². The van der Waals surface area contributed by atoms with E-state index in [0.717, 1.165) is 12.1 Å². The Morgan fingerprint density at radius 2 is 1.46 bits per heavy atom. The summed E-state index contributed by atoms with van der Waals surface area (Å²) in [5, 5.41) is -0.576. The lowest BCUT2D eigenvalue weighted by molar-refractivity contribution is 0.00578. The van der Waals surface area contributed by atoms with Crippen molar-refractivity contribution in [2.75, 3.05) is 0 Å². The molecule has 2 aromatic carbocycles. The first-order chi connectivity index (χ1) is 12.0. The summed E-state index contributed by atoms with van der Waals surface area (Å²) >= 11 is 5.73. The van der Waals surface area contributed by atoms with E-state index in [1.54, 1.807) is 0 Å². The lowest BCUT2D eigenvalue weighted by atomic mass is 9.78. The molecule has 0 N–H and O–H groups in total. The van der Waals surface area contributed by atoms with Crippen LogP contribution in [-0.2, 0) is 15.2 Å². The molecule has 0 bridgehead atoms. The molecule has 0 amide bonds. The molecule has 1 saturated heterocycles. The molecule has 7 heteroatoms. The number of hydrogen-bond acceptors (Lipinski definition) is 2. The molecule has 0 radical (unpaired) electrons. The first-order valence-corrected chi connectivity index (χ1v) is 8.62. The topological polar surface area (TPSA) is 18.5 Å². The summed E-state index contributed by atoms with van der Waals surface area (Å²) < 4.78 is 54.9. The lowest BCUT2D eigenvalue weighted by Crippen LogP contribution is -2.41. The highest BCUT2D eigenvalue weighted by atomic mass is 35.5. The van der Waals surface area contributed by atoms with Crippen LogP contribution in [0.25, 0.3) is 0 Å². The highest BCUT2D eigenvalue weighted by molar-refractivity contribution is 6.62. The molecule has 0 aromatic heterocycles. The molecule has 1 aliphatic heterocycles. The van der Waals surface area contributed by atoms with E-state index in [0.29, 0.717) is 5.46 Å². The molecule has 2 nitrogen and oxygen atoms in total. The number of benzene rings is 2. The molecule has 2 aromatic rings. The standard InChI is InChI=1S/C19H19BClF3O2/c1-17(2)18(3,4)26-20(25-17)13-10-8-12(9-11-13)19(23,24)14-6-5-7-15(22)16(14)21/h5-11H,1-4H3. The van der Waals surface area contributed by atoms with Gasteiger partial charge in [0, 0.05) is 11.1 Å². The summed E-state index contributed by atoms with van der Waals surface area (Å²) in [4.78, 5) is 0. The van der Waals surface area contributed by atoms with Crippen molar-refractivity contribution >= 4 is 24.2 Å². The summed E-state index contributed by atoms with van der Waals surface area (Å²) in [6.45, 7) is 7.67. The van der Waals surface area contributed by atoms with Crippen LogP contribution in [0.5, 0.6) is 0 Å². The third kappa shape index (κ3) is 3.15. The Morgan fingerprint density at radius 3 is 2.00 bits per heavy atom. The van der Waals surface area contributed by atoms with Crippen LogP contribution in [0.3, 0.4) is 0 Å². The van der Waals surface area contributed by atoms with Crippen LogP contribution in [0.2, 0.25) is 5.02 Å². The second-order valence-corrected chi connectivity index (χ2v) is 7.76. The van der Waals surface area contributed by atoms with E-state index in [1.807, 2.05) is 27.7 Å². The van der Waals surface area contributed by atoms with Gasteiger partial charge in [-0.25, -0.2) is 4.39 Å². The summed E-state index contributed by atoms with van der Waals surface area (Å²) in [5.41, 5.74) is -1.26. The molecule has 1 heterocycles. The number of alkyl halides is 2. The van der Waals surface area contributed by atoms with Gasteiger partial charge in [-0.3, -0.25) is 0 Å². The lowest BCUT2D eigenvalue weighted by Gasteiger charge is -2.32. The zero-order valence-electron chi connectivity index (χ0n) is 14.9. The second kappa shape index (κ2) is 6.29. The quantitative estimate of drug-likeness (QED) is 0.702. The largest absolute Gasteiger partial charge is 0.494 e. The first kappa shape index (κ1) is 19.3. The number of hydrogen-bond donors (Lipinski definition) is 0. The molecular formula is C19H19BClF3O2. The SMILES string of the molecule is CC1(C)OB(c2ccc(C(F)(F)c3cccc(F)c3Cl)cc2)OC1(C)C. The minimum absolute atomic E-state index is 0.287. The molecule has 1 aliphatic rings. The Kier molecular flexibility index (Phi) is 4.66. The first-order valence-electron chi connectivity index (χ1n) is 8.24. The number of halogens is 4. The van der Waals surface area contributed by atoms with Gasteiger partial charge in [0.25, 0.3) is 5.92 Å². The van der Waals surface area contributed by atoms with Crippen molar-refractivity contribution in [2.45, 2.75) is 44.8 Å². The summed E-state index contributed by atoms with van der Waals surface area (Å²) in [6.07, 6.45) is 0. The molecular weight excluding hydrogens is 363 g/mol. The van der Waals surface area contributed by atoms with Gasteiger partial charge in [0.1, 0.15) is 5.82 Å². The monoisotopic (exact) mass is 382 g/mol. The average molecular weight is 383 g/mol. The van der Waals surface area contributed by atoms with Crippen molar-refractivity contribution in [1.29, 1.82) is 0 Å². The van der Waals surface area contributed by atoms with Crippen molar-refractivity contribution in [3.05, 3.63) is 64.4 Å². The maximum absolute atomic E-state index is 14.8. The smallest absolute Gasteiger partial charge is 0.399 e. The van der Waals surface area contributed by atoms with Crippen LogP contribution >= 0.6 is 11.6 Å². The van der Waals surface area contributed by atoms with Gasteiger partial charge in [0.15, 0.2) is 0 Å². The number of rotatable bonds is 3. The van der Waals surface area contributed by atoms with Gasteiger partial charge in [-0.05, 0) is 39.2 Å². The third-order valence-corrected chi connectivity index (χ3v) is 5.47. The second-order valence-electron chi connectivity index (χ2n) is 7.39. The van der Waals surface area contributed by atoms with Gasteiger partial charge >= 0.3 is 7.12 Å². The van der Waals surface area contributed by atoms with E-state index in [9.17, 15) is 13.2 Å². The zero-order valence-corrected chi connectivity index (χ0v) is 15.7. The van der Waals surface area contributed by atoms with E-state index in [2.05, 4.69) is 0 Å². The van der Waals surface area contributed by atoms with Crippen LogP contribution < -0.4 is 5.46 Å². The fourth-order valence-electron chi connectivity index (χ4n) is 2.73. The van der Waals surface area contributed by atoms with Crippen molar-refractivity contribution in [3.8, 4) is 0 Å². The minimum atomic E-state index is -3.42.